The molecule has 0 spiro atoms. The van der Waals surface area contributed by atoms with E-state index in [1.54, 1.807) is 40.8 Å². The predicted molar refractivity (Wildman–Crippen MR) is 136 cm³/mol. The Morgan fingerprint density at radius 3 is 2.65 bits per heavy atom. The van der Waals surface area contributed by atoms with Crippen molar-refractivity contribution in [1.29, 1.82) is 0 Å². The number of thiazole rings is 1. The van der Waals surface area contributed by atoms with Crippen LogP contribution in [0.1, 0.15) is 47.3 Å². The molecular formula is C26H26F3N5O2S. The molecule has 0 fully saturated rings. The normalized spacial score (nSPS) is 11.7. The molecule has 2 aromatic carbocycles. The van der Waals surface area contributed by atoms with Crippen molar-refractivity contribution in [2.75, 3.05) is 12.4 Å². The molecule has 2 heterocycles. The van der Waals surface area contributed by atoms with E-state index in [9.17, 15) is 18.0 Å². The van der Waals surface area contributed by atoms with Crippen LogP contribution in [0, 0.1) is 12.8 Å². The molecule has 0 saturated carbocycles. The minimum atomic E-state index is -4.57. The summed E-state index contributed by atoms with van der Waals surface area (Å²) >= 11 is 1.43. The number of nitrogens with one attached hydrogen (secondary N) is 1. The quantitative estimate of drug-likeness (QED) is 0.279. The highest BCUT2D eigenvalue weighted by molar-refractivity contribution is 7.13. The number of aryl methyl sites for hydroxylation is 2. The number of ether oxygens (including phenoxy) is 1. The Labute approximate surface area is 216 Å². The Hall–Kier alpha value is -3.73. The van der Waals surface area contributed by atoms with Crippen LogP contribution in [0.2, 0.25) is 0 Å². The zero-order valence-electron chi connectivity index (χ0n) is 20.8. The predicted octanol–water partition coefficient (Wildman–Crippen LogP) is 6.57. The molecule has 0 atom stereocenters. The number of carbonyl (C=O) groups is 1. The van der Waals surface area contributed by atoms with Gasteiger partial charge in [-0.3, -0.25) is 9.78 Å². The van der Waals surface area contributed by atoms with Crippen molar-refractivity contribution in [2.24, 2.45) is 5.92 Å². The SMILES string of the molecule is COc1c(CCC(C)C)cc(C(F)(F)F)cc1NC(=O)c1ccc(C)c(-n2cc(-c3cncs3)nn2)c1. The number of methoxy groups -OCH3 is 1. The van der Waals surface area contributed by atoms with Crippen molar-refractivity contribution in [3.05, 3.63) is 70.5 Å². The summed E-state index contributed by atoms with van der Waals surface area (Å²) in [5, 5.41) is 11.0. The van der Waals surface area contributed by atoms with Crippen LogP contribution in [0.15, 0.2) is 48.2 Å². The average Bonchev–Trinajstić information content (AvgIpc) is 3.54. The van der Waals surface area contributed by atoms with E-state index in [4.69, 9.17) is 4.74 Å². The molecule has 2 aromatic heterocycles. The van der Waals surface area contributed by atoms with Gasteiger partial charge in [0.05, 0.1) is 40.6 Å². The van der Waals surface area contributed by atoms with Crippen LogP contribution in [-0.2, 0) is 12.6 Å². The van der Waals surface area contributed by atoms with Gasteiger partial charge < -0.3 is 10.1 Å². The summed E-state index contributed by atoms with van der Waals surface area (Å²) in [7, 11) is 1.38. The van der Waals surface area contributed by atoms with E-state index >= 15 is 0 Å². The minimum Gasteiger partial charge on any atom is -0.494 e. The van der Waals surface area contributed by atoms with E-state index in [2.05, 4.69) is 20.6 Å². The number of hydrogen-bond donors (Lipinski definition) is 1. The van der Waals surface area contributed by atoms with Crippen molar-refractivity contribution in [1.82, 2.24) is 20.0 Å². The summed E-state index contributed by atoms with van der Waals surface area (Å²) in [6.45, 7) is 5.85. The summed E-state index contributed by atoms with van der Waals surface area (Å²) in [5.74, 6) is -0.0621. The van der Waals surface area contributed by atoms with E-state index in [0.717, 1.165) is 22.6 Å². The fourth-order valence-electron chi connectivity index (χ4n) is 3.85. The van der Waals surface area contributed by atoms with Crippen LogP contribution < -0.4 is 10.1 Å². The van der Waals surface area contributed by atoms with E-state index < -0.39 is 17.6 Å². The number of hydrogen-bond acceptors (Lipinski definition) is 6. The molecule has 37 heavy (non-hydrogen) atoms. The third-order valence-electron chi connectivity index (χ3n) is 5.83. The lowest BCUT2D eigenvalue weighted by Gasteiger charge is -2.19. The number of alkyl halides is 3. The van der Waals surface area contributed by atoms with E-state index in [0.29, 0.717) is 29.8 Å². The van der Waals surface area contributed by atoms with Gasteiger partial charge in [-0.15, -0.1) is 16.4 Å². The van der Waals surface area contributed by atoms with Gasteiger partial charge in [-0.25, -0.2) is 4.68 Å². The summed E-state index contributed by atoms with van der Waals surface area (Å²) in [4.78, 5) is 18.1. The molecule has 194 valence electrons. The lowest BCUT2D eigenvalue weighted by atomic mass is 9.98. The first kappa shape index (κ1) is 26.3. The number of halogens is 3. The molecule has 0 unspecified atom stereocenters. The smallest absolute Gasteiger partial charge is 0.416 e. The number of aromatic nitrogens is 4. The second kappa shape index (κ2) is 10.7. The first-order valence-electron chi connectivity index (χ1n) is 11.6. The number of anilines is 1. The molecule has 4 rings (SSSR count). The maximum atomic E-state index is 13.7. The molecule has 0 aliphatic heterocycles. The van der Waals surface area contributed by atoms with Crippen molar-refractivity contribution in [3.63, 3.8) is 0 Å². The number of rotatable bonds is 8. The van der Waals surface area contributed by atoms with Gasteiger partial charge in [0.2, 0.25) is 0 Å². The molecule has 0 aliphatic rings. The van der Waals surface area contributed by atoms with Crippen molar-refractivity contribution in [3.8, 4) is 22.0 Å². The van der Waals surface area contributed by atoms with Crippen LogP contribution in [0.3, 0.4) is 0 Å². The molecule has 7 nitrogen and oxygen atoms in total. The highest BCUT2D eigenvalue weighted by Crippen LogP contribution is 2.39. The van der Waals surface area contributed by atoms with Gasteiger partial charge >= 0.3 is 6.18 Å². The Morgan fingerprint density at radius 2 is 2.00 bits per heavy atom. The summed E-state index contributed by atoms with van der Waals surface area (Å²) in [6.07, 6.45) is -0.0925. The maximum Gasteiger partial charge on any atom is 0.416 e. The van der Waals surface area contributed by atoms with Crippen molar-refractivity contribution < 1.29 is 22.7 Å². The number of benzene rings is 2. The van der Waals surface area contributed by atoms with Gasteiger partial charge in [0.25, 0.3) is 5.91 Å². The third kappa shape index (κ3) is 5.99. The zero-order valence-corrected chi connectivity index (χ0v) is 21.6. The van der Waals surface area contributed by atoms with Crippen LogP contribution in [0.5, 0.6) is 5.75 Å². The molecule has 0 saturated heterocycles. The largest absolute Gasteiger partial charge is 0.494 e. The van der Waals surface area contributed by atoms with E-state index in [1.165, 1.54) is 18.4 Å². The lowest BCUT2D eigenvalue weighted by molar-refractivity contribution is -0.137. The lowest BCUT2D eigenvalue weighted by Crippen LogP contribution is -2.16. The van der Waals surface area contributed by atoms with Crippen LogP contribution in [0.4, 0.5) is 18.9 Å². The van der Waals surface area contributed by atoms with Crippen molar-refractivity contribution in [2.45, 2.75) is 39.8 Å². The molecule has 0 radical (unpaired) electrons. The summed E-state index contributed by atoms with van der Waals surface area (Å²) in [6, 6.07) is 6.97. The van der Waals surface area contributed by atoms with E-state index in [-0.39, 0.29) is 22.9 Å². The highest BCUT2D eigenvalue weighted by Gasteiger charge is 2.33. The molecule has 0 aliphatic carbocycles. The van der Waals surface area contributed by atoms with Crippen LogP contribution in [0.25, 0.3) is 16.3 Å². The number of nitrogens with zero attached hydrogens (tertiary/aromatic N) is 4. The second-order valence-corrected chi connectivity index (χ2v) is 9.90. The van der Waals surface area contributed by atoms with Crippen molar-refractivity contribution >= 4 is 22.9 Å². The molecule has 11 heteroatoms. The average molecular weight is 530 g/mol. The number of amides is 1. The summed E-state index contributed by atoms with van der Waals surface area (Å²) in [5.41, 5.74) is 3.55. The maximum absolute atomic E-state index is 13.7. The fourth-order valence-corrected chi connectivity index (χ4v) is 4.42. The molecule has 1 N–H and O–H groups in total. The van der Waals surface area contributed by atoms with Gasteiger partial charge in [-0.1, -0.05) is 25.1 Å². The van der Waals surface area contributed by atoms with Gasteiger partial charge in [0, 0.05) is 11.8 Å². The standard InChI is InChI=1S/C26H26F3N5O2S/c1-15(2)5-7-17-9-19(26(27,28)29)11-20(24(17)36-4)31-25(35)18-8-6-16(3)22(10-18)34-13-21(32-33-34)23-12-30-14-37-23/h6,8-15H,5,7H2,1-4H3,(H,31,35). The molecule has 0 bridgehead atoms. The fraction of sp³-hybridized carbons (Fsp3) is 0.308. The van der Waals surface area contributed by atoms with E-state index in [1.807, 2.05) is 20.8 Å². The summed E-state index contributed by atoms with van der Waals surface area (Å²) < 4.78 is 48.0. The topological polar surface area (TPSA) is 81.9 Å². The van der Waals surface area contributed by atoms with Gasteiger partial charge in [-0.2, -0.15) is 13.2 Å². The molecule has 1 amide bonds. The first-order valence-corrected chi connectivity index (χ1v) is 12.5. The Morgan fingerprint density at radius 1 is 1.22 bits per heavy atom. The molecule has 4 aromatic rings. The zero-order chi connectivity index (χ0) is 26.7. The van der Waals surface area contributed by atoms with Gasteiger partial charge in [0.15, 0.2) is 0 Å². The van der Waals surface area contributed by atoms with Gasteiger partial charge in [0.1, 0.15) is 11.4 Å². The third-order valence-corrected chi connectivity index (χ3v) is 6.63. The van der Waals surface area contributed by atoms with Gasteiger partial charge in [-0.05, 0) is 61.1 Å². The highest BCUT2D eigenvalue weighted by atomic mass is 32.1. The second-order valence-electron chi connectivity index (χ2n) is 9.02. The first-order chi connectivity index (χ1) is 17.6. The Bertz CT molecular complexity index is 1400. The minimum absolute atomic E-state index is 0.0311. The Kier molecular flexibility index (Phi) is 7.63. The monoisotopic (exact) mass is 529 g/mol. The van der Waals surface area contributed by atoms with Crippen LogP contribution in [-0.4, -0.2) is 33.0 Å². The Balaban J connectivity index is 1.67. The van der Waals surface area contributed by atoms with Crippen LogP contribution >= 0.6 is 11.3 Å². The number of carbonyl (C=O) groups excluding carboxylic acids is 1. The molecular weight excluding hydrogens is 503 g/mol.